The molecule has 1 N–H and O–H groups in total. The molecule has 0 spiro atoms. The Balaban J connectivity index is 1.93. The summed E-state index contributed by atoms with van der Waals surface area (Å²) in [5.41, 5.74) is 1.77. The average molecular weight is 316 g/mol. The molecule has 122 valence electrons. The van der Waals surface area contributed by atoms with Gasteiger partial charge < -0.3 is 24.1 Å². The van der Waals surface area contributed by atoms with Crippen LogP contribution in [0.1, 0.15) is 23.7 Å². The fourth-order valence-corrected chi connectivity index (χ4v) is 2.88. The lowest BCUT2D eigenvalue weighted by molar-refractivity contribution is 0.170. The number of phenolic OH excluding ortho intramolecular Hbond substituents is 1. The van der Waals surface area contributed by atoms with Gasteiger partial charge in [-0.2, -0.15) is 0 Å². The number of hydrogen-bond acceptors (Lipinski definition) is 5. The van der Waals surface area contributed by atoms with E-state index in [2.05, 4.69) is 0 Å². The molecule has 3 rings (SSSR count). The number of benzene rings is 2. The zero-order valence-corrected chi connectivity index (χ0v) is 13.5. The molecule has 1 aliphatic heterocycles. The Morgan fingerprint density at radius 2 is 1.78 bits per heavy atom. The first-order valence-corrected chi connectivity index (χ1v) is 7.44. The summed E-state index contributed by atoms with van der Waals surface area (Å²) in [6, 6.07) is 8.96. The topological polar surface area (TPSA) is 57.2 Å². The Kier molecular flexibility index (Phi) is 4.19. The quantitative estimate of drug-likeness (QED) is 0.936. The Hall–Kier alpha value is -2.56. The third-order valence-electron chi connectivity index (χ3n) is 4.11. The molecule has 0 radical (unpaired) electrons. The molecular weight excluding hydrogens is 296 g/mol. The van der Waals surface area contributed by atoms with Crippen molar-refractivity contribution in [3.8, 4) is 28.7 Å². The maximum atomic E-state index is 10.2. The third-order valence-corrected chi connectivity index (χ3v) is 4.11. The summed E-state index contributed by atoms with van der Waals surface area (Å²) in [7, 11) is 4.81. The van der Waals surface area contributed by atoms with Crippen molar-refractivity contribution in [1.29, 1.82) is 0 Å². The molecule has 0 amide bonds. The minimum atomic E-state index is -0.217. The van der Waals surface area contributed by atoms with Crippen LogP contribution < -0.4 is 18.9 Å². The van der Waals surface area contributed by atoms with Gasteiger partial charge in [-0.25, -0.2) is 0 Å². The van der Waals surface area contributed by atoms with E-state index in [-0.39, 0.29) is 11.9 Å². The Labute approximate surface area is 135 Å². The molecule has 5 heteroatoms. The van der Waals surface area contributed by atoms with E-state index in [9.17, 15) is 5.11 Å². The van der Waals surface area contributed by atoms with Crippen molar-refractivity contribution in [3.05, 3.63) is 41.5 Å². The van der Waals surface area contributed by atoms with Crippen molar-refractivity contribution in [3.63, 3.8) is 0 Å². The summed E-state index contributed by atoms with van der Waals surface area (Å²) in [5, 5.41) is 10.2. The smallest absolute Gasteiger partial charge is 0.130 e. The van der Waals surface area contributed by atoms with Gasteiger partial charge in [-0.15, -0.1) is 0 Å². The third kappa shape index (κ3) is 2.86. The first-order valence-electron chi connectivity index (χ1n) is 7.44. The van der Waals surface area contributed by atoms with Gasteiger partial charge in [0, 0.05) is 29.3 Å². The maximum absolute atomic E-state index is 10.2. The second-order valence-corrected chi connectivity index (χ2v) is 5.38. The Morgan fingerprint density at radius 1 is 1.00 bits per heavy atom. The number of fused-ring (bicyclic) bond motifs is 1. The van der Waals surface area contributed by atoms with E-state index >= 15 is 0 Å². The highest BCUT2D eigenvalue weighted by Gasteiger charge is 2.26. The second-order valence-electron chi connectivity index (χ2n) is 5.38. The summed E-state index contributed by atoms with van der Waals surface area (Å²) in [5.74, 6) is 2.96. The van der Waals surface area contributed by atoms with Crippen molar-refractivity contribution in [2.24, 2.45) is 0 Å². The molecule has 0 unspecified atom stereocenters. The van der Waals surface area contributed by atoms with Gasteiger partial charge in [0.05, 0.1) is 21.3 Å². The van der Waals surface area contributed by atoms with E-state index in [4.69, 9.17) is 18.9 Å². The van der Waals surface area contributed by atoms with Gasteiger partial charge in [-0.1, -0.05) is 0 Å². The van der Waals surface area contributed by atoms with Crippen LogP contribution in [0.4, 0.5) is 0 Å². The van der Waals surface area contributed by atoms with Crippen LogP contribution in [0.25, 0.3) is 0 Å². The van der Waals surface area contributed by atoms with Crippen molar-refractivity contribution in [2.75, 3.05) is 21.3 Å². The SMILES string of the molecule is COc1ccc([C@@H]2CCc3c(OC)cc(OC)cc3O2)c(O)c1. The van der Waals surface area contributed by atoms with Crippen LogP contribution in [0.5, 0.6) is 28.7 Å². The summed E-state index contributed by atoms with van der Waals surface area (Å²) in [6.07, 6.45) is 1.35. The predicted molar refractivity (Wildman–Crippen MR) is 85.9 cm³/mol. The fraction of sp³-hybridized carbons (Fsp3) is 0.333. The molecule has 2 aromatic carbocycles. The molecule has 0 saturated carbocycles. The second kappa shape index (κ2) is 6.28. The number of hydrogen-bond donors (Lipinski definition) is 1. The van der Waals surface area contributed by atoms with Crippen LogP contribution in [-0.2, 0) is 6.42 Å². The zero-order chi connectivity index (χ0) is 16.4. The van der Waals surface area contributed by atoms with Gasteiger partial charge in [0.2, 0.25) is 0 Å². The van der Waals surface area contributed by atoms with Crippen molar-refractivity contribution in [2.45, 2.75) is 18.9 Å². The summed E-state index contributed by atoms with van der Waals surface area (Å²) < 4.78 is 21.9. The van der Waals surface area contributed by atoms with E-state index in [1.165, 1.54) is 0 Å². The van der Waals surface area contributed by atoms with E-state index in [0.717, 1.165) is 35.5 Å². The van der Waals surface area contributed by atoms with E-state index in [0.29, 0.717) is 11.5 Å². The Morgan fingerprint density at radius 3 is 2.43 bits per heavy atom. The number of aromatic hydroxyl groups is 1. The molecule has 0 fully saturated rings. The lowest BCUT2D eigenvalue weighted by atomic mass is 9.96. The van der Waals surface area contributed by atoms with Gasteiger partial charge >= 0.3 is 0 Å². The molecule has 0 aliphatic carbocycles. The van der Waals surface area contributed by atoms with E-state index < -0.39 is 0 Å². The van der Waals surface area contributed by atoms with Crippen molar-refractivity contribution < 1.29 is 24.1 Å². The normalized spacial score (nSPS) is 16.2. The van der Waals surface area contributed by atoms with Crippen LogP contribution in [0, 0.1) is 0 Å². The van der Waals surface area contributed by atoms with Crippen LogP contribution in [0.15, 0.2) is 30.3 Å². The van der Waals surface area contributed by atoms with Crippen LogP contribution in [-0.4, -0.2) is 26.4 Å². The molecule has 1 atom stereocenters. The minimum Gasteiger partial charge on any atom is -0.507 e. The molecule has 2 aromatic rings. The van der Waals surface area contributed by atoms with Gasteiger partial charge in [-0.3, -0.25) is 0 Å². The van der Waals surface area contributed by atoms with E-state index in [1.807, 2.05) is 24.3 Å². The highest BCUT2D eigenvalue weighted by molar-refractivity contribution is 5.52. The van der Waals surface area contributed by atoms with E-state index in [1.54, 1.807) is 27.4 Å². The first-order chi connectivity index (χ1) is 11.2. The molecule has 0 bridgehead atoms. The summed E-state index contributed by atoms with van der Waals surface area (Å²) in [6.45, 7) is 0. The lowest BCUT2D eigenvalue weighted by Crippen LogP contribution is -2.16. The molecule has 0 saturated heterocycles. The van der Waals surface area contributed by atoms with Crippen LogP contribution in [0.2, 0.25) is 0 Å². The van der Waals surface area contributed by atoms with Gasteiger partial charge in [0.25, 0.3) is 0 Å². The number of ether oxygens (including phenoxy) is 4. The van der Waals surface area contributed by atoms with Gasteiger partial charge in [-0.05, 0) is 25.0 Å². The number of methoxy groups -OCH3 is 3. The Bertz CT molecular complexity index is 711. The summed E-state index contributed by atoms with van der Waals surface area (Å²) in [4.78, 5) is 0. The first kappa shape index (κ1) is 15.3. The highest BCUT2D eigenvalue weighted by atomic mass is 16.5. The van der Waals surface area contributed by atoms with Crippen molar-refractivity contribution in [1.82, 2.24) is 0 Å². The standard InChI is InChI=1S/C18H20O5/c1-20-11-4-5-13(15(19)8-11)16-7-6-14-17(22-3)9-12(21-2)10-18(14)23-16/h4-5,8-10,16,19H,6-7H2,1-3H3/t16-/m0/s1. The molecule has 1 heterocycles. The van der Waals surface area contributed by atoms with Crippen LogP contribution >= 0.6 is 0 Å². The minimum absolute atomic E-state index is 0.174. The predicted octanol–water partition coefficient (Wildman–Crippen LogP) is 3.48. The molecular formula is C18H20O5. The largest absolute Gasteiger partial charge is 0.507 e. The zero-order valence-electron chi connectivity index (χ0n) is 13.5. The molecule has 5 nitrogen and oxygen atoms in total. The van der Waals surface area contributed by atoms with Gasteiger partial charge in [0.15, 0.2) is 0 Å². The number of phenols is 1. The molecule has 23 heavy (non-hydrogen) atoms. The van der Waals surface area contributed by atoms with Gasteiger partial charge in [0.1, 0.15) is 34.9 Å². The highest BCUT2D eigenvalue weighted by Crippen LogP contribution is 2.44. The number of rotatable bonds is 4. The average Bonchev–Trinajstić information content (AvgIpc) is 2.59. The maximum Gasteiger partial charge on any atom is 0.130 e. The molecule has 1 aliphatic rings. The van der Waals surface area contributed by atoms with Crippen LogP contribution in [0.3, 0.4) is 0 Å². The monoisotopic (exact) mass is 316 g/mol. The van der Waals surface area contributed by atoms with Crippen molar-refractivity contribution >= 4 is 0 Å². The lowest BCUT2D eigenvalue weighted by Gasteiger charge is -2.28. The molecule has 0 aromatic heterocycles. The fourth-order valence-electron chi connectivity index (χ4n) is 2.88. The summed E-state index contributed by atoms with van der Waals surface area (Å²) >= 11 is 0.